The summed E-state index contributed by atoms with van der Waals surface area (Å²) in [5.41, 5.74) is 0. The number of aliphatic carboxylic acids is 1. The molecule has 1 aromatic carbocycles. The number of hydrogen-bond acceptors (Lipinski definition) is 2. The maximum atomic E-state index is 11.4. The summed E-state index contributed by atoms with van der Waals surface area (Å²) < 4.78 is 12.1. The molecule has 0 aliphatic heterocycles. The van der Waals surface area contributed by atoms with E-state index in [2.05, 4.69) is 15.9 Å². The molecule has 1 unspecified atom stereocenters. The fourth-order valence-corrected chi connectivity index (χ4v) is 2.54. The summed E-state index contributed by atoms with van der Waals surface area (Å²) in [5, 5.41) is 8.43. The Morgan fingerprint density at radius 2 is 2.08 bits per heavy atom. The highest BCUT2D eigenvalue weighted by molar-refractivity contribution is 9.10. The van der Waals surface area contributed by atoms with Crippen LogP contribution in [-0.2, 0) is 15.6 Å². The van der Waals surface area contributed by atoms with E-state index in [0.29, 0.717) is 9.37 Å². The van der Waals surface area contributed by atoms with Crippen LogP contribution in [0.15, 0.2) is 33.6 Å². The number of benzene rings is 1. The summed E-state index contributed by atoms with van der Waals surface area (Å²) >= 11 is 3.20. The molecule has 13 heavy (non-hydrogen) atoms. The van der Waals surface area contributed by atoms with Crippen LogP contribution in [0.2, 0.25) is 0 Å². The minimum atomic E-state index is -1.47. The molecule has 1 N–H and O–H groups in total. The van der Waals surface area contributed by atoms with Crippen molar-refractivity contribution < 1.29 is 14.1 Å². The van der Waals surface area contributed by atoms with E-state index in [1.807, 2.05) is 0 Å². The molecule has 0 aliphatic carbocycles. The van der Waals surface area contributed by atoms with Gasteiger partial charge in [0.05, 0.1) is 15.7 Å². The highest BCUT2D eigenvalue weighted by Gasteiger charge is 2.10. The van der Waals surface area contributed by atoms with Crippen molar-refractivity contribution >= 4 is 32.7 Å². The Hall–Kier alpha value is -0.680. The topological polar surface area (TPSA) is 54.4 Å². The second-order valence-electron chi connectivity index (χ2n) is 2.31. The molecule has 0 saturated carbocycles. The molecule has 3 nitrogen and oxygen atoms in total. The van der Waals surface area contributed by atoms with Gasteiger partial charge in [-0.25, -0.2) is 0 Å². The molecule has 0 radical (unpaired) electrons. The Morgan fingerprint density at radius 1 is 1.46 bits per heavy atom. The van der Waals surface area contributed by atoms with Gasteiger partial charge in [-0.3, -0.25) is 9.00 Å². The molecular formula is C8H7BrO3S. The molecule has 70 valence electrons. The van der Waals surface area contributed by atoms with Crippen LogP contribution in [0.3, 0.4) is 0 Å². The third-order valence-electron chi connectivity index (χ3n) is 1.34. The summed E-state index contributed by atoms with van der Waals surface area (Å²) in [4.78, 5) is 10.8. The Bertz CT molecular complexity index is 351. The van der Waals surface area contributed by atoms with Crippen molar-refractivity contribution in [3.8, 4) is 0 Å². The number of carbonyl (C=O) groups is 1. The van der Waals surface area contributed by atoms with Gasteiger partial charge in [0.2, 0.25) is 0 Å². The predicted molar refractivity (Wildman–Crippen MR) is 53.1 cm³/mol. The van der Waals surface area contributed by atoms with Gasteiger partial charge in [0.15, 0.2) is 0 Å². The lowest BCUT2D eigenvalue weighted by atomic mass is 10.4. The lowest BCUT2D eigenvalue weighted by Crippen LogP contribution is -2.09. The monoisotopic (exact) mass is 262 g/mol. The first-order valence-electron chi connectivity index (χ1n) is 3.46. The average Bonchev–Trinajstić information content (AvgIpc) is 2.03. The summed E-state index contributed by atoms with van der Waals surface area (Å²) in [6.07, 6.45) is 0. The summed E-state index contributed by atoms with van der Waals surface area (Å²) in [6, 6.07) is 6.88. The van der Waals surface area contributed by atoms with Gasteiger partial charge in [-0.1, -0.05) is 12.1 Å². The summed E-state index contributed by atoms with van der Waals surface area (Å²) in [7, 11) is -1.47. The smallest absolute Gasteiger partial charge is 0.316 e. The molecule has 0 saturated heterocycles. The lowest BCUT2D eigenvalue weighted by Gasteiger charge is -2.00. The first kappa shape index (κ1) is 10.4. The third kappa shape index (κ3) is 2.93. The van der Waals surface area contributed by atoms with Gasteiger partial charge in [0.1, 0.15) is 5.75 Å². The predicted octanol–water partition coefficient (Wildman–Crippen LogP) is 1.64. The number of carboxylic acid groups (broad SMARTS) is 1. The van der Waals surface area contributed by atoms with Gasteiger partial charge in [-0.05, 0) is 28.1 Å². The second kappa shape index (κ2) is 4.53. The van der Waals surface area contributed by atoms with Crippen LogP contribution >= 0.6 is 15.9 Å². The Balaban J connectivity index is 2.89. The third-order valence-corrected chi connectivity index (χ3v) is 3.65. The van der Waals surface area contributed by atoms with Crippen molar-refractivity contribution in [1.29, 1.82) is 0 Å². The molecular weight excluding hydrogens is 256 g/mol. The number of carboxylic acids is 1. The minimum absolute atomic E-state index is 0.359. The highest BCUT2D eigenvalue weighted by atomic mass is 79.9. The largest absolute Gasteiger partial charge is 0.481 e. The number of hydrogen-bond donors (Lipinski definition) is 1. The molecule has 0 heterocycles. The van der Waals surface area contributed by atoms with Crippen molar-refractivity contribution in [2.24, 2.45) is 0 Å². The van der Waals surface area contributed by atoms with Crippen LogP contribution in [0.4, 0.5) is 0 Å². The second-order valence-corrected chi connectivity index (χ2v) is 4.59. The Kier molecular flexibility index (Phi) is 3.62. The van der Waals surface area contributed by atoms with Gasteiger partial charge in [-0.15, -0.1) is 0 Å². The van der Waals surface area contributed by atoms with Gasteiger partial charge < -0.3 is 5.11 Å². The fraction of sp³-hybridized carbons (Fsp3) is 0.125. The normalized spacial score (nSPS) is 12.4. The molecule has 1 atom stereocenters. The molecule has 0 aliphatic rings. The van der Waals surface area contributed by atoms with Crippen molar-refractivity contribution in [1.82, 2.24) is 0 Å². The van der Waals surface area contributed by atoms with Crippen LogP contribution in [0.5, 0.6) is 0 Å². The van der Waals surface area contributed by atoms with Crippen molar-refractivity contribution in [2.75, 3.05) is 5.75 Å². The maximum Gasteiger partial charge on any atom is 0.316 e. The molecule has 0 bridgehead atoms. The molecule has 0 aromatic heterocycles. The molecule has 0 spiro atoms. The average molecular weight is 263 g/mol. The number of halogens is 1. The lowest BCUT2D eigenvalue weighted by molar-refractivity contribution is -0.133. The zero-order valence-electron chi connectivity index (χ0n) is 6.57. The van der Waals surface area contributed by atoms with Gasteiger partial charge in [0, 0.05) is 4.47 Å². The molecule has 1 aromatic rings. The van der Waals surface area contributed by atoms with Gasteiger partial charge in [-0.2, -0.15) is 0 Å². The van der Waals surface area contributed by atoms with Crippen LogP contribution in [0.1, 0.15) is 0 Å². The zero-order chi connectivity index (χ0) is 9.84. The molecule has 0 fully saturated rings. The van der Waals surface area contributed by atoms with E-state index in [1.165, 1.54) is 0 Å². The minimum Gasteiger partial charge on any atom is -0.481 e. The van der Waals surface area contributed by atoms with Gasteiger partial charge >= 0.3 is 5.97 Å². The quantitative estimate of drug-likeness (QED) is 0.901. The maximum absolute atomic E-state index is 11.4. The van der Waals surface area contributed by atoms with Crippen LogP contribution in [0.25, 0.3) is 0 Å². The fourth-order valence-electron chi connectivity index (χ4n) is 0.819. The van der Waals surface area contributed by atoms with Crippen molar-refractivity contribution in [3.63, 3.8) is 0 Å². The zero-order valence-corrected chi connectivity index (χ0v) is 8.97. The Morgan fingerprint density at radius 3 is 2.62 bits per heavy atom. The first-order chi connectivity index (χ1) is 6.11. The van der Waals surface area contributed by atoms with E-state index in [1.54, 1.807) is 24.3 Å². The standard InChI is InChI=1S/C8H7BrO3S/c9-6-3-1-2-4-7(6)13(12)5-8(10)11/h1-4H,5H2,(H,10,11). The van der Waals surface area contributed by atoms with E-state index in [0.717, 1.165) is 0 Å². The first-order valence-corrected chi connectivity index (χ1v) is 5.57. The molecule has 1 rings (SSSR count). The van der Waals surface area contributed by atoms with Crippen LogP contribution in [-0.4, -0.2) is 21.0 Å². The van der Waals surface area contributed by atoms with E-state index < -0.39 is 16.8 Å². The summed E-state index contributed by atoms with van der Waals surface area (Å²) in [5.74, 6) is -1.42. The van der Waals surface area contributed by atoms with E-state index in [4.69, 9.17) is 5.11 Å². The summed E-state index contributed by atoms with van der Waals surface area (Å²) in [6.45, 7) is 0. The Labute approximate surface area is 86.4 Å². The highest BCUT2D eigenvalue weighted by Crippen LogP contribution is 2.19. The SMILES string of the molecule is O=C(O)CS(=O)c1ccccc1Br. The van der Waals surface area contributed by atoms with E-state index in [9.17, 15) is 9.00 Å². The van der Waals surface area contributed by atoms with Crippen molar-refractivity contribution in [2.45, 2.75) is 4.90 Å². The molecule has 0 amide bonds. The van der Waals surface area contributed by atoms with Gasteiger partial charge in [0.25, 0.3) is 0 Å². The van der Waals surface area contributed by atoms with Crippen molar-refractivity contribution in [3.05, 3.63) is 28.7 Å². The molecule has 5 heteroatoms. The van der Waals surface area contributed by atoms with Crippen LogP contribution in [0, 0.1) is 0 Å². The van der Waals surface area contributed by atoms with E-state index in [-0.39, 0.29) is 5.75 Å². The van der Waals surface area contributed by atoms with E-state index >= 15 is 0 Å². The van der Waals surface area contributed by atoms with Crippen LogP contribution < -0.4 is 0 Å². The number of rotatable bonds is 3.